The number of hydrogen-bond donors (Lipinski definition) is 0. The topological polar surface area (TPSA) is 13.1 Å². The molecule has 1 heteroatoms. The molecule has 0 amide bonds. The lowest BCUT2D eigenvalue weighted by atomic mass is 9.82. The van der Waals surface area contributed by atoms with Crippen LogP contribution >= 0.6 is 0 Å². The molecule has 0 fully saturated rings. The van der Waals surface area contributed by atoms with Crippen LogP contribution in [0.4, 0.5) is 0 Å². The summed E-state index contributed by atoms with van der Waals surface area (Å²) >= 11 is 0. The highest BCUT2D eigenvalue weighted by atomic mass is 16.3. The van der Waals surface area contributed by atoms with Gasteiger partial charge in [-0.1, -0.05) is 151 Å². The largest absolute Gasteiger partial charge is 0.456 e. The first-order valence-electron chi connectivity index (χ1n) is 19.6. The molecule has 0 aliphatic carbocycles. The van der Waals surface area contributed by atoms with Crippen LogP contribution in [-0.4, -0.2) is 0 Å². The monoisotopic (exact) mass is 582 g/mol. The lowest BCUT2D eigenvalue weighted by molar-refractivity contribution is 0.669. The van der Waals surface area contributed by atoms with E-state index >= 15 is 0 Å². The molecule has 0 saturated heterocycles. The van der Waals surface area contributed by atoms with Crippen molar-refractivity contribution in [2.24, 2.45) is 0 Å². The molecular formula is C44H28O. The summed E-state index contributed by atoms with van der Waals surface area (Å²) in [6.45, 7) is 0. The standard InChI is InChI=1S/C44H28O/c1-3-13-29(14-4-1)30-23-25-32(26-24-30)41-33-17-7-9-19-35(33)43(36-20-10-8-18-34(36)41)38-27-28-40-44(37-21-11-12-22-39(37)45-40)42(38)31-15-5-2-6-16-31/h1-28H/i11D,12D,21D,22D,23D,24D,25D,26D,27D,28D. The van der Waals surface area contributed by atoms with Gasteiger partial charge in [0, 0.05) is 16.3 Å². The Morgan fingerprint density at radius 2 is 0.889 bits per heavy atom. The van der Waals surface area contributed by atoms with Crippen molar-refractivity contribution in [1.29, 1.82) is 0 Å². The van der Waals surface area contributed by atoms with Crippen LogP contribution in [0.5, 0.6) is 0 Å². The van der Waals surface area contributed by atoms with Gasteiger partial charge in [0.2, 0.25) is 0 Å². The van der Waals surface area contributed by atoms with Crippen LogP contribution in [0.3, 0.4) is 0 Å². The van der Waals surface area contributed by atoms with Crippen molar-refractivity contribution < 1.29 is 18.1 Å². The summed E-state index contributed by atoms with van der Waals surface area (Å²) in [5.74, 6) is 0. The van der Waals surface area contributed by atoms with Gasteiger partial charge in [-0.25, -0.2) is 0 Å². The molecule has 9 aromatic rings. The molecule has 1 nitrogen and oxygen atoms in total. The van der Waals surface area contributed by atoms with Crippen LogP contribution in [0, 0.1) is 0 Å². The van der Waals surface area contributed by atoms with E-state index in [0.717, 1.165) is 0 Å². The van der Waals surface area contributed by atoms with Crippen molar-refractivity contribution in [3.05, 3.63) is 170 Å². The Hall–Kier alpha value is -5.92. The Morgan fingerprint density at radius 3 is 1.53 bits per heavy atom. The molecule has 8 aromatic carbocycles. The second-order valence-electron chi connectivity index (χ2n) is 10.8. The summed E-state index contributed by atoms with van der Waals surface area (Å²) < 4.78 is 96.5. The number of hydrogen-bond acceptors (Lipinski definition) is 1. The molecule has 0 aliphatic rings. The van der Waals surface area contributed by atoms with Gasteiger partial charge in [0.05, 0.1) is 13.7 Å². The fraction of sp³-hybridized carbons (Fsp3) is 0. The lowest BCUT2D eigenvalue weighted by Crippen LogP contribution is -1.93. The maximum Gasteiger partial charge on any atom is 0.136 e. The van der Waals surface area contributed by atoms with E-state index in [2.05, 4.69) is 0 Å². The second kappa shape index (κ2) is 10.4. The van der Waals surface area contributed by atoms with Crippen molar-refractivity contribution in [2.75, 3.05) is 0 Å². The quantitative estimate of drug-likeness (QED) is 0.188. The average molecular weight is 583 g/mol. The Kier molecular flexibility index (Phi) is 4.01. The van der Waals surface area contributed by atoms with Gasteiger partial charge in [0.1, 0.15) is 11.2 Å². The minimum absolute atomic E-state index is 0.0259. The lowest BCUT2D eigenvalue weighted by Gasteiger charge is -2.20. The van der Waals surface area contributed by atoms with Gasteiger partial charge < -0.3 is 4.42 Å². The zero-order chi connectivity index (χ0) is 38.4. The molecule has 1 aromatic heterocycles. The van der Waals surface area contributed by atoms with Crippen LogP contribution in [0.15, 0.2) is 174 Å². The Bertz CT molecular complexity index is 3000. The van der Waals surface area contributed by atoms with Crippen molar-refractivity contribution in [2.45, 2.75) is 0 Å². The molecule has 45 heavy (non-hydrogen) atoms. The van der Waals surface area contributed by atoms with E-state index in [1.165, 1.54) is 0 Å². The van der Waals surface area contributed by atoms with Crippen LogP contribution < -0.4 is 0 Å². The fourth-order valence-electron chi connectivity index (χ4n) is 6.39. The zero-order valence-electron chi connectivity index (χ0n) is 33.8. The highest BCUT2D eigenvalue weighted by Crippen LogP contribution is 2.49. The van der Waals surface area contributed by atoms with E-state index in [1.807, 2.05) is 84.9 Å². The molecule has 1 heterocycles. The molecular weight excluding hydrogens is 544 g/mol. The van der Waals surface area contributed by atoms with Crippen molar-refractivity contribution in [1.82, 2.24) is 0 Å². The normalized spacial score (nSPS) is 14.7. The number of para-hydroxylation sites is 1. The SMILES string of the molecule is [2H]c1c([2H])c(-c2c3ccccc3c(-c3c([2H])c([2H])c4oc5c([2H])c([2H])c([2H])c([2H])c5c4c3-c3ccccc3)c3ccccc23)c([2H])c([2H])c1-c1ccccc1. The van der Waals surface area contributed by atoms with E-state index in [-0.39, 0.29) is 81.4 Å². The van der Waals surface area contributed by atoms with Gasteiger partial charge in [-0.2, -0.15) is 0 Å². The first kappa shape index (κ1) is 17.4. The smallest absolute Gasteiger partial charge is 0.136 e. The second-order valence-corrected chi connectivity index (χ2v) is 10.8. The molecule has 0 atom stereocenters. The number of furan rings is 1. The number of rotatable bonds is 4. The van der Waals surface area contributed by atoms with Gasteiger partial charge in [-0.3, -0.25) is 0 Å². The third-order valence-corrected chi connectivity index (χ3v) is 8.32. The Labute approximate surface area is 275 Å². The fourth-order valence-corrected chi connectivity index (χ4v) is 6.39. The van der Waals surface area contributed by atoms with Gasteiger partial charge in [0.25, 0.3) is 0 Å². The predicted molar refractivity (Wildman–Crippen MR) is 190 cm³/mol. The minimum Gasteiger partial charge on any atom is -0.456 e. The highest BCUT2D eigenvalue weighted by Gasteiger charge is 2.22. The van der Waals surface area contributed by atoms with Gasteiger partial charge in [-0.05, 0) is 78.6 Å². The highest BCUT2D eigenvalue weighted by molar-refractivity contribution is 6.25. The first-order valence-corrected chi connectivity index (χ1v) is 14.6. The number of benzene rings is 8. The van der Waals surface area contributed by atoms with Gasteiger partial charge in [-0.15, -0.1) is 0 Å². The van der Waals surface area contributed by atoms with Crippen LogP contribution in [-0.2, 0) is 0 Å². The minimum atomic E-state index is -0.464. The van der Waals surface area contributed by atoms with Crippen molar-refractivity contribution in [3.8, 4) is 44.5 Å². The van der Waals surface area contributed by atoms with E-state index in [9.17, 15) is 5.48 Å². The van der Waals surface area contributed by atoms with E-state index in [4.69, 9.17) is 12.6 Å². The average Bonchev–Trinajstić information content (AvgIpc) is 3.61. The maximum atomic E-state index is 9.64. The van der Waals surface area contributed by atoms with E-state index in [1.54, 1.807) is 24.3 Å². The molecule has 0 N–H and O–H groups in total. The molecule has 0 unspecified atom stereocenters. The Morgan fingerprint density at radius 1 is 0.356 bits per heavy atom. The van der Waals surface area contributed by atoms with Crippen molar-refractivity contribution >= 4 is 43.5 Å². The summed E-state index contributed by atoms with van der Waals surface area (Å²) in [4.78, 5) is 0. The summed E-state index contributed by atoms with van der Waals surface area (Å²) in [6, 6.07) is 30.2. The third-order valence-electron chi connectivity index (χ3n) is 8.32. The molecule has 9 rings (SSSR count). The molecule has 0 bridgehead atoms. The van der Waals surface area contributed by atoms with Crippen LogP contribution in [0.2, 0.25) is 0 Å². The van der Waals surface area contributed by atoms with Gasteiger partial charge >= 0.3 is 0 Å². The van der Waals surface area contributed by atoms with Crippen molar-refractivity contribution in [3.63, 3.8) is 0 Å². The summed E-state index contributed by atoms with van der Waals surface area (Å²) in [5, 5.41) is 2.86. The number of fused-ring (bicyclic) bond motifs is 5. The summed E-state index contributed by atoms with van der Waals surface area (Å²) in [6.07, 6.45) is 0. The maximum absolute atomic E-state index is 9.64. The Balaban J connectivity index is 1.49. The zero-order valence-corrected chi connectivity index (χ0v) is 23.8. The van der Waals surface area contributed by atoms with E-state index < -0.39 is 12.1 Å². The third kappa shape index (κ3) is 4.09. The van der Waals surface area contributed by atoms with Crippen LogP contribution in [0.1, 0.15) is 13.7 Å². The first-order chi connectivity index (χ1) is 26.5. The summed E-state index contributed by atoms with van der Waals surface area (Å²) in [5.41, 5.74) is 3.29. The molecule has 0 spiro atoms. The molecule has 210 valence electrons. The van der Waals surface area contributed by atoms with E-state index in [0.29, 0.717) is 54.9 Å². The molecule has 0 radical (unpaired) electrons. The van der Waals surface area contributed by atoms with Gasteiger partial charge in [0.15, 0.2) is 0 Å². The molecule has 0 saturated carbocycles. The van der Waals surface area contributed by atoms with Crippen LogP contribution in [0.25, 0.3) is 88.0 Å². The summed E-state index contributed by atoms with van der Waals surface area (Å²) in [7, 11) is 0. The molecule has 0 aliphatic heterocycles. The predicted octanol–water partition coefficient (Wildman–Crippen LogP) is 12.6.